The van der Waals surface area contributed by atoms with Gasteiger partial charge in [0.05, 0.1) is 5.60 Å². The number of hydrogen-bond acceptors (Lipinski definition) is 4. The minimum absolute atomic E-state index is 0.250. The molecule has 0 fully saturated rings. The number of benzene rings is 3. The topological polar surface area (TPSA) is 87.7 Å². The van der Waals surface area contributed by atoms with Gasteiger partial charge in [-0.15, -0.1) is 0 Å². The van der Waals surface area contributed by atoms with Crippen molar-refractivity contribution in [2.75, 3.05) is 10.6 Å². The lowest BCUT2D eigenvalue weighted by Crippen LogP contribution is -2.29. The summed E-state index contributed by atoms with van der Waals surface area (Å²) in [5, 5.41) is 16.7. The van der Waals surface area contributed by atoms with Crippen LogP contribution in [-0.4, -0.2) is 22.6 Å². The lowest BCUT2D eigenvalue weighted by Gasteiger charge is -2.33. The number of aryl methyl sites for hydroxylation is 1. The second-order valence-corrected chi connectivity index (χ2v) is 10.6. The fraction of sp³-hybridized carbons (Fsp3) is 0.333. The third-order valence-corrected chi connectivity index (χ3v) is 6.57. The number of ether oxygens (including phenoxy) is 1. The third-order valence-electron chi connectivity index (χ3n) is 6.57. The van der Waals surface area contributed by atoms with Crippen molar-refractivity contribution in [3.05, 3.63) is 70.0 Å². The van der Waals surface area contributed by atoms with Gasteiger partial charge in [-0.1, -0.05) is 24.3 Å². The number of carbonyl (C=O) groups excluding carboxylic acids is 1. The molecular formula is C30H33FN2O4. The van der Waals surface area contributed by atoms with Crippen LogP contribution in [0.1, 0.15) is 61.6 Å². The molecule has 1 aliphatic heterocycles. The fourth-order valence-electron chi connectivity index (χ4n) is 5.17. The molecule has 37 heavy (non-hydrogen) atoms. The van der Waals surface area contributed by atoms with Crippen LogP contribution in [0.2, 0.25) is 0 Å². The van der Waals surface area contributed by atoms with Crippen molar-refractivity contribution in [3.8, 4) is 22.3 Å². The van der Waals surface area contributed by atoms with Gasteiger partial charge in [0.15, 0.2) is 6.10 Å². The average molecular weight is 505 g/mol. The number of carbonyl (C=O) groups is 2. The number of nitrogens with one attached hydrogen (secondary N) is 2. The van der Waals surface area contributed by atoms with Crippen molar-refractivity contribution < 1.29 is 23.8 Å². The summed E-state index contributed by atoms with van der Waals surface area (Å²) in [4.78, 5) is 24.8. The van der Waals surface area contributed by atoms with Crippen LogP contribution in [-0.2, 0) is 20.9 Å². The molecule has 0 spiro atoms. The van der Waals surface area contributed by atoms with Gasteiger partial charge < -0.3 is 20.5 Å². The van der Waals surface area contributed by atoms with Crippen molar-refractivity contribution in [2.45, 2.75) is 66.7 Å². The van der Waals surface area contributed by atoms with E-state index in [2.05, 4.69) is 10.6 Å². The van der Waals surface area contributed by atoms with Crippen molar-refractivity contribution in [3.63, 3.8) is 0 Å². The van der Waals surface area contributed by atoms with Crippen molar-refractivity contribution in [1.82, 2.24) is 0 Å². The minimum atomic E-state index is -1.30. The summed E-state index contributed by atoms with van der Waals surface area (Å²) in [6.45, 7) is 12.9. The number of aliphatic carboxylic acids is 1. The van der Waals surface area contributed by atoms with E-state index < -0.39 is 17.7 Å². The zero-order chi connectivity index (χ0) is 27.2. The molecule has 6 nitrogen and oxygen atoms in total. The molecule has 4 rings (SSSR count). The molecule has 0 unspecified atom stereocenters. The SMILES string of the molecule is CC(=O)Nc1cc(C)ccc1-c1c(C)c2c(c(C)c1[C@H](OC(C)(C)C)C(=O)O)NCc1cccc(F)c1-2. The summed E-state index contributed by atoms with van der Waals surface area (Å²) in [5.41, 5.74) is 6.51. The standard InChI is InChI=1S/C30H33FN2O4/c1-15-11-12-20(22(13-15)33-18(4)34)23-16(2)24-26-19(9-8-10-21(26)31)14-32-27(24)17(3)25(23)28(29(35)36)37-30(5,6)7/h8-13,28,32H,14H2,1-7H3,(H,33,34)(H,35,36)/t28-/m0/s1. The lowest BCUT2D eigenvalue weighted by atomic mass is 9.79. The number of carboxylic acid groups (broad SMARTS) is 1. The fourth-order valence-corrected chi connectivity index (χ4v) is 5.17. The molecular weight excluding hydrogens is 471 g/mol. The highest BCUT2D eigenvalue weighted by atomic mass is 19.1. The van der Waals surface area contributed by atoms with Gasteiger partial charge in [-0.3, -0.25) is 4.79 Å². The predicted molar refractivity (Wildman–Crippen MR) is 144 cm³/mol. The van der Waals surface area contributed by atoms with Gasteiger partial charge in [-0.05, 0) is 81.5 Å². The molecule has 0 bridgehead atoms. The molecule has 3 aromatic rings. The molecule has 0 saturated carbocycles. The van der Waals surface area contributed by atoms with Gasteiger partial charge in [0.1, 0.15) is 5.82 Å². The average Bonchev–Trinajstić information content (AvgIpc) is 2.79. The van der Waals surface area contributed by atoms with E-state index in [1.807, 2.05) is 65.8 Å². The maximum atomic E-state index is 15.3. The summed E-state index contributed by atoms with van der Waals surface area (Å²) in [6.07, 6.45) is -1.30. The van der Waals surface area contributed by atoms with Gasteiger partial charge in [0, 0.05) is 47.1 Å². The molecule has 3 N–H and O–H groups in total. The molecule has 0 aromatic heterocycles. The van der Waals surface area contributed by atoms with E-state index in [-0.39, 0.29) is 11.7 Å². The summed E-state index contributed by atoms with van der Waals surface area (Å²) >= 11 is 0. The van der Waals surface area contributed by atoms with Crippen LogP contribution in [0.3, 0.4) is 0 Å². The Bertz CT molecular complexity index is 1420. The summed E-state index contributed by atoms with van der Waals surface area (Å²) in [6, 6.07) is 10.6. The maximum Gasteiger partial charge on any atom is 0.337 e. The lowest BCUT2D eigenvalue weighted by molar-refractivity contribution is -0.160. The van der Waals surface area contributed by atoms with E-state index in [0.717, 1.165) is 11.1 Å². The zero-order valence-corrected chi connectivity index (χ0v) is 22.3. The number of halogens is 1. The largest absolute Gasteiger partial charge is 0.479 e. The second kappa shape index (κ2) is 9.63. The number of amides is 1. The van der Waals surface area contributed by atoms with Gasteiger partial charge in [0.2, 0.25) is 5.91 Å². The molecule has 0 aliphatic carbocycles. The highest BCUT2D eigenvalue weighted by Gasteiger charge is 2.36. The highest BCUT2D eigenvalue weighted by Crippen LogP contribution is 2.50. The summed E-state index contributed by atoms with van der Waals surface area (Å²) in [5.74, 6) is -1.72. The van der Waals surface area contributed by atoms with E-state index in [1.54, 1.807) is 6.07 Å². The normalized spacial score (nSPS) is 13.3. The van der Waals surface area contributed by atoms with E-state index in [9.17, 15) is 14.7 Å². The molecule has 0 saturated heterocycles. The first-order chi connectivity index (χ1) is 17.3. The quantitative estimate of drug-likeness (QED) is 0.351. The Balaban J connectivity index is 2.17. The Hall–Kier alpha value is -3.71. The van der Waals surface area contributed by atoms with Gasteiger partial charge in [-0.2, -0.15) is 0 Å². The summed E-state index contributed by atoms with van der Waals surface area (Å²) in [7, 11) is 0. The summed E-state index contributed by atoms with van der Waals surface area (Å²) < 4.78 is 21.4. The van der Waals surface area contributed by atoms with Crippen LogP contribution in [0.15, 0.2) is 36.4 Å². The number of rotatable bonds is 5. The van der Waals surface area contributed by atoms with Crippen LogP contribution in [0.25, 0.3) is 22.3 Å². The minimum Gasteiger partial charge on any atom is -0.479 e. The Morgan fingerprint density at radius 1 is 1.05 bits per heavy atom. The van der Waals surface area contributed by atoms with Gasteiger partial charge >= 0.3 is 5.97 Å². The first kappa shape index (κ1) is 26.4. The van der Waals surface area contributed by atoms with Crippen molar-refractivity contribution >= 4 is 23.3 Å². The van der Waals surface area contributed by atoms with Crippen LogP contribution < -0.4 is 10.6 Å². The Kier molecular flexibility index (Phi) is 6.86. The third kappa shape index (κ3) is 4.96. The zero-order valence-electron chi connectivity index (χ0n) is 22.3. The Morgan fingerprint density at radius 2 is 1.76 bits per heavy atom. The van der Waals surface area contributed by atoms with Crippen LogP contribution in [0.4, 0.5) is 15.8 Å². The molecule has 1 atom stereocenters. The van der Waals surface area contributed by atoms with E-state index in [0.29, 0.717) is 56.9 Å². The first-order valence-corrected chi connectivity index (χ1v) is 12.3. The molecule has 1 heterocycles. The molecule has 194 valence electrons. The Labute approximate surface area is 216 Å². The number of hydrogen-bond donors (Lipinski definition) is 3. The van der Waals surface area contributed by atoms with Gasteiger partial charge in [-0.25, -0.2) is 9.18 Å². The molecule has 1 aliphatic rings. The first-order valence-electron chi connectivity index (χ1n) is 12.3. The van der Waals surface area contributed by atoms with Crippen LogP contribution in [0, 0.1) is 26.6 Å². The van der Waals surface area contributed by atoms with Crippen molar-refractivity contribution in [2.24, 2.45) is 0 Å². The predicted octanol–water partition coefficient (Wildman–Crippen LogP) is 6.91. The molecule has 0 radical (unpaired) electrons. The van der Waals surface area contributed by atoms with E-state index in [4.69, 9.17) is 4.74 Å². The van der Waals surface area contributed by atoms with Crippen LogP contribution >= 0.6 is 0 Å². The molecule has 1 amide bonds. The molecule has 7 heteroatoms. The highest BCUT2D eigenvalue weighted by molar-refractivity contribution is 6.01. The molecule has 3 aromatic carbocycles. The monoisotopic (exact) mass is 504 g/mol. The van der Waals surface area contributed by atoms with E-state index in [1.165, 1.54) is 13.0 Å². The maximum absolute atomic E-state index is 15.3. The van der Waals surface area contributed by atoms with Crippen molar-refractivity contribution in [1.29, 1.82) is 0 Å². The van der Waals surface area contributed by atoms with E-state index >= 15 is 4.39 Å². The Morgan fingerprint density at radius 3 is 2.38 bits per heavy atom. The second-order valence-electron chi connectivity index (χ2n) is 10.6. The number of fused-ring (bicyclic) bond motifs is 3. The number of carboxylic acids is 1. The smallest absolute Gasteiger partial charge is 0.337 e. The van der Waals surface area contributed by atoms with Crippen LogP contribution in [0.5, 0.6) is 0 Å². The number of anilines is 2. The van der Waals surface area contributed by atoms with Gasteiger partial charge in [0.25, 0.3) is 0 Å².